The van der Waals surface area contributed by atoms with Crippen LogP contribution in [0.2, 0.25) is 0 Å². The van der Waals surface area contributed by atoms with Gasteiger partial charge in [0.25, 0.3) is 0 Å². The lowest BCUT2D eigenvalue weighted by atomic mass is 10.1. The second-order valence-corrected chi connectivity index (χ2v) is 4.54. The Balaban J connectivity index is 1.78. The molecule has 1 aliphatic rings. The Morgan fingerprint density at radius 3 is 2.94 bits per heavy atom. The monoisotopic (exact) mass is 218 g/mol. The molecule has 0 saturated heterocycles. The molecular formula is C13H18N2O. The molecule has 0 aromatic carbocycles. The van der Waals surface area contributed by atoms with Crippen LogP contribution in [0.1, 0.15) is 44.1 Å². The summed E-state index contributed by atoms with van der Waals surface area (Å²) in [5, 5.41) is 12.1. The highest BCUT2D eigenvalue weighted by Crippen LogP contribution is 2.34. The van der Waals surface area contributed by atoms with Crippen molar-refractivity contribution in [3.8, 4) is 6.07 Å². The van der Waals surface area contributed by atoms with Crippen molar-refractivity contribution >= 4 is 0 Å². The van der Waals surface area contributed by atoms with E-state index in [1.54, 1.807) is 6.07 Å². The summed E-state index contributed by atoms with van der Waals surface area (Å²) >= 11 is 0. The van der Waals surface area contributed by atoms with Crippen molar-refractivity contribution in [3.05, 3.63) is 23.7 Å². The molecule has 16 heavy (non-hydrogen) atoms. The number of furan rings is 1. The molecule has 0 aliphatic heterocycles. The average Bonchev–Trinajstić information content (AvgIpc) is 3.00. The normalized spacial score (nSPS) is 17.0. The molecule has 3 heteroatoms. The van der Waals surface area contributed by atoms with Crippen molar-refractivity contribution in [2.75, 3.05) is 0 Å². The molecule has 1 heterocycles. The van der Waals surface area contributed by atoms with E-state index in [0.717, 1.165) is 24.6 Å². The molecule has 1 saturated carbocycles. The van der Waals surface area contributed by atoms with Gasteiger partial charge in [-0.3, -0.25) is 0 Å². The molecule has 1 aromatic heterocycles. The molecule has 1 aromatic rings. The molecule has 3 nitrogen and oxygen atoms in total. The fourth-order valence-corrected chi connectivity index (χ4v) is 1.93. The molecule has 0 spiro atoms. The minimum Gasteiger partial charge on any atom is -0.449 e. The van der Waals surface area contributed by atoms with Crippen molar-refractivity contribution in [3.63, 3.8) is 0 Å². The maximum absolute atomic E-state index is 8.64. The second-order valence-electron chi connectivity index (χ2n) is 4.54. The van der Waals surface area contributed by atoms with E-state index in [-0.39, 0.29) is 0 Å². The lowest BCUT2D eigenvalue weighted by Crippen LogP contribution is -2.28. The van der Waals surface area contributed by atoms with Gasteiger partial charge in [0.1, 0.15) is 11.8 Å². The van der Waals surface area contributed by atoms with Crippen LogP contribution in [0.3, 0.4) is 0 Å². The first-order valence-electron chi connectivity index (χ1n) is 6.04. The number of hydrogen-bond acceptors (Lipinski definition) is 3. The van der Waals surface area contributed by atoms with E-state index in [2.05, 4.69) is 12.2 Å². The summed E-state index contributed by atoms with van der Waals surface area (Å²) in [7, 11) is 0. The Bertz CT molecular complexity index is 374. The fraction of sp³-hybridized carbons (Fsp3) is 0.615. The van der Waals surface area contributed by atoms with Crippen molar-refractivity contribution in [1.82, 2.24) is 5.32 Å². The van der Waals surface area contributed by atoms with Crippen LogP contribution in [0.4, 0.5) is 0 Å². The van der Waals surface area contributed by atoms with Crippen molar-refractivity contribution in [2.24, 2.45) is 5.92 Å². The molecule has 2 rings (SSSR count). The summed E-state index contributed by atoms with van der Waals surface area (Å²) in [4.78, 5) is 0. The average molecular weight is 218 g/mol. The summed E-state index contributed by atoms with van der Waals surface area (Å²) in [6.07, 6.45) is 5.24. The van der Waals surface area contributed by atoms with Gasteiger partial charge < -0.3 is 9.73 Å². The first-order valence-corrected chi connectivity index (χ1v) is 6.04. The zero-order valence-electron chi connectivity index (χ0n) is 9.70. The van der Waals surface area contributed by atoms with Crippen molar-refractivity contribution < 1.29 is 4.42 Å². The highest BCUT2D eigenvalue weighted by atomic mass is 16.3. The number of nitrogens with zero attached hydrogens (tertiary/aromatic N) is 1. The Kier molecular flexibility index (Phi) is 3.63. The van der Waals surface area contributed by atoms with Crippen molar-refractivity contribution in [2.45, 2.75) is 45.2 Å². The van der Waals surface area contributed by atoms with Gasteiger partial charge in [-0.15, -0.1) is 0 Å². The molecule has 1 atom stereocenters. The Hall–Kier alpha value is -1.27. The highest BCUT2D eigenvalue weighted by molar-refractivity contribution is 5.18. The fourth-order valence-electron chi connectivity index (χ4n) is 1.93. The third kappa shape index (κ3) is 3.11. The van der Waals surface area contributed by atoms with E-state index >= 15 is 0 Å². The molecule has 0 bridgehead atoms. The van der Waals surface area contributed by atoms with E-state index < -0.39 is 0 Å². The molecule has 1 unspecified atom stereocenters. The lowest BCUT2D eigenvalue weighted by molar-refractivity contribution is 0.406. The van der Waals surface area contributed by atoms with E-state index in [9.17, 15) is 0 Å². The van der Waals surface area contributed by atoms with Gasteiger partial charge in [-0.25, -0.2) is 0 Å². The van der Waals surface area contributed by atoms with Crippen LogP contribution in [0, 0.1) is 17.2 Å². The minimum absolute atomic E-state index is 0.395. The number of nitrogens with one attached hydrogen (secondary N) is 1. The summed E-state index contributed by atoms with van der Waals surface area (Å²) in [5.41, 5.74) is 0. The van der Waals surface area contributed by atoms with Gasteiger partial charge in [0, 0.05) is 6.04 Å². The van der Waals surface area contributed by atoms with Gasteiger partial charge in [0.15, 0.2) is 0 Å². The summed E-state index contributed by atoms with van der Waals surface area (Å²) in [6, 6.07) is 6.17. The molecule has 0 amide bonds. The molecule has 1 fully saturated rings. The van der Waals surface area contributed by atoms with Crippen molar-refractivity contribution in [1.29, 1.82) is 5.26 Å². The van der Waals surface area contributed by atoms with Gasteiger partial charge in [0.05, 0.1) is 6.54 Å². The van der Waals surface area contributed by atoms with E-state index in [1.165, 1.54) is 19.3 Å². The van der Waals surface area contributed by atoms with Gasteiger partial charge in [0.2, 0.25) is 5.76 Å². The summed E-state index contributed by atoms with van der Waals surface area (Å²) in [6.45, 7) is 2.94. The van der Waals surface area contributed by atoms with E-state index in [1.807, 2.05) is 12.1 Å². The van der Waals surface area contributed by atoms with E-state index in [0.29, 0.717) is 11.8 Å². The van der Waals surface area contributed by atoms with Crippen LogP contribution in [0.5, 0.6) is 0 Å². The van der Waals surface area contributed by atoms with Gasteiger partial charge in [-0.2, -0.15) is 5.26 Å². The Labute approximate surface area is 96.4 Å². The lowest BCUT2D eigenvalue weighted by Gasteiger charge is -2.15. The van der Waals surface area contributed by atoms with Gasteiger partial charge in [-0.1, -0.05) is 19.8 Å². The van der Waals surface area contributed by atoms with Gasteiger partial charge >= 0.3 is 0 Å². The van der Waals surface area contributed by atoms with Crippen LogP contribution >= 0.6 is 0 Å². The standard InChI is InChI=1S/C13H18N2O/c1-2-11(7-10-3-4-10)15-9-13-6-5-12(8-14)16-13/h5-6,10-11,15H,2-4,7,9H2,1H3. The quantitative estimate of drug-likeness (QED) is 0.798. The first kappa shape index (κ1) is 11.2. The van der Waals surface area contributed by atoms with Gasteiger partial charge in [-0.05, 0) is 30.9 Å². The minimum atomic E-state index is 0.395. The smallest absolute Gasteiger partial charge is 0.203 e. The summed E-state index contributed by atoms with van der Waals surface area (Å²) < 4.78 is 5.32. The maximum Gasteiger partial charge on any atom is 0.203 e. The number of nitriles is 1. The molecule has 1 aliphatic carbocycles. The third-order valence-electron chi connectivity index (χ3n) is 3.14. The highest BCUT2D eigenvalue weighted by Gasteiger charge is 2.24. The predicted molar refractivity (Wildman–Crippen MR) is 61.7 cm³/mol. The van der Waals surface area contributed by atoms with Crippen LogP contribution in [-0.4, -0.2) is 6.04 Å². The SMILES string of the molecule is CCC(CC1CC1)NCc1ccc(C#N)o1. The van der Waals surface area contributed by atoms with Crippen LogP contribution < -0.4 is 5.32 Å². The largest absolute Gasteiger partial charge is 0.449 e. The van der Waals surface area contributed by atoms with Crippen LogP contribution in [0.15, 0.2) is 16.5 Å². The Morgan fingerprint density at radius 1 is 1.56 bits per heavy atom. The third-order valence-corrected chi connectivity index (χ3v) is 3.14. The molecule has 1 N–H and O–H groups in total. The van der Waals surface area contributed by atoms with E-state index in [4.69, 9.17) is 9.68 Å². The Morgan fingerprint density at radius 2 is 2.38 bits per heavy atom. The topological polar surface area (TPSA) is 49.0 Å². The molecule has 86 valence electrons. The summed E-state index contributed by atoms with van der Waals surface area (Å²) in [5.74, 6) is 2.20. The number of rotatable bonds is 6. The zero-order valence-corrected chi connectivity index (χ0v) is 9.70. The zero-order chi connectivity index (χ0) is 11.4. The second kappa shape index (κ2) is 5.18. The predicted octanol–water partition coefficient (Wildman–Crippen LogP) is 2.82. The molecular weight excluding hydrogens is 200 g/mol. The number of hydrogen-bond donors (Lipinski definition) is 1. The first-order chi connectivity index (χ1) is 7.81. The maximum atomic E-state index is 8.64. The van der Waals surface area contributed by atoms with Crippen LogP contribution in [0.25, 0.3) is 0 Å². The van der Waals surface area contributed by atoms with Crippen LogP contribution in [-0.2, 0) is 6.54 Å². The molecule has 0 radical (unpaired) electrons.